The van der Waals surface area contributed by atoms with Gasteiger partial charge in [0.1, 0.15) is 0 Å². The number of aryl methyl sites for hydroxylation is 1. The largest absolute Gasteiger partial charge is 0.324 e. The number of rotatable bonds is 4. The van der Waals surface area contributed by atoms with Gasteiger partial charge in [0.25, 0.3) is 0 Å². The highest BCUT2D eigenvalue weighted by Crippen LogP contribution is 2.28. The zero-order valence-corrected chi connectivity index (χ0v) is 14.1. The van der Waals surface area contributed by atoms with Gasteiger partial charge in [-0.15, -0.1) is 0 Å². The summed E-state index contributed by atoms with van der Waals surface area (Å²) in [6.07, 6.45) is 3.99. The Bertz CT molecular complexity index is 583. The minimum Gasteiger partial charge on any atom is -0.324 e. The van der Waals surface area contributed by atoms with E-state index < -0.39 is 10.0 Å². The van der Waals surface area contributed by atoms with Gasteiger partial charge >= 0.3 is 0 Å². The van der Waals surface area contributed by atoms with E-state index in [1.54, 1.807) is 4.31 Å². The number of piperidine rings is 1. The number of nitrogens with zero attached hydrogens (tertiary/aromatic N) is 1. The molecule has 0 radical (unpaired) electrons. The van der Waals surface area contributed by atoms with Crippen LogP contribution in [-0.2, 0) is 10.0 Å². The lowest BCUT2D eigenvalue weighted by Gasteiger charge is -2.32. The molecule has 0 bridgehead atoms. The van der Waals surface area contributed by atoms with Crippen LogP contribution < -0.4 is 5.73 Å². The molecule has 1 aliphatic heterocycles. The maximum atomic E-state index is 11.7. The number of hydrogen-bond acceptors (Lipinski definition) is 3. The molecule has 21 heavy (non-hydrogen) atoms. The molecular formula is C15H23ClN2O2S. The van der Waals surface area contributed by atoms with Crippen LogP contribution in [0.25, 0.3) is 0 Å². The van der Waals surface area contributed by atoms with Gasteiger partial charge in [0.2, 0.25) is 10.0 Å². The Balaban J connectivity index is 2.03. The molecule has 6 heteroatoms. The van der Waals surface area contributed by atoms with Crippen molar-refractivity contribution in [2.45, 2.75) is 32.2 Å². The van der Waals surface area contributed by atoms with E-state index in [-0.39, 0.29) is 6.04 Å². The summed E-state index contributed by atoms with van der Waals surface area (Å²) in [5, 5.41) is 0.696. The molecule has 1 heterocycles. The summed E-state index contributed by atoms with van der Waals surface area (Å²) in [6, 6.07) is 5.75. The first-order valence-corrected chi connectivity index (χ1v) is 9.46. The summed E-state index contributed by atoms with van der Waals surface area (Å²) in [5.74, 6) is 0.308. The Morgan fingerprint density at radius 2 is 2.14 bits per heavy atom. The quantitative estimate of drug-likeness (QED) is 0.923. The normalized spacial score (nSPS) is 22.2. The molecule has 1 aliphatic rings. The van der Waals surface area contributed by atoms with Crippen molar-refractivity contribution >= 4 is 21.6 Å². The van der Waals surface area contributed by atoms with Crippen molar-refractivity contribution in [1.29, 1.82) is 0 Å². The molecule has 1 aromatic carbocycles. The average molecular weight is 331 g/mol. The van der Waals surface area contributed by atoms with E-state index in [0.717, 1.165) is 30.4 Å². The summed E-state index contributed by atoms with van der Waals surface area (Å²) in [5.41, 5.74) is 8.41. The van der Waals surface area contributed by atoms with Crippen LogP contribution in [0.4, 0.5) is 0 Å². The monoisotopic (exact) mass is 330 g/mol. The topological polar surface area (TPSA) is 63.4 Å². The Kier molecular flexibility index (Phi) is 5.30. The second-order valence-corrected chi connectivity index (χ2v) is 8.45. The molecule has 1 fully saturated rings. The predicted molar refractivity (Wildman–Crippen MR) is 86.9 cm³/mol. The van der Waals surface area contributed by atoms with E-state index in [0.29, 0.717) is 24.0 Å². The molecule has 0 aromatic heterocycles. The molecule has 4 nitrogen and oxygen atoms in total. The molecule has 1 aromatic rings. The Hall–Kier alpha value is -0.620. The first-order valence-electron chi connectivity index (χ1n) is 7.23. The third kappa shape index (κ3) is 4.68. The molecule has 2 unspecified atom stereocenters. The maximum absolute atomic E-state index is 11.7. The summed E-state index contributed by atoms with van der Waals surface area (Å²) in [4.78, 5) is 0. The van der Waals surface area contributed by atoms with E-state index >= 15 is 0 Å². The lowest BCUT2D eigenvalue weighted by molar-refractivity contribution is 0.247. The summed E-state index contributed by atoms with van der Waals surface area (Å²) >= 11 is 6.08. The summed E-state index contributed by atoms with van der Waals surface area (Å²) < 4.78 is 24.9. The van der Waals surface area contributed by atoms with Crippen molar-refractivity contribution in [2.75, 3.05) is 19.3 Å². The highest BCUT2D eigenvalue weighted by atomic mass is 35.5. The van der Waals surface area contributed by atoms with Crippen molar-refractivity contribution in [1.82, 2.24) is 4.31 Å². The average Bonchev–Trinajstić information content (AvgIpc) is 2.37. The molecule has 2 N–H and O–H groups in total. The molecule has 118 valence electrons. The Morgan fingerprint density at radius 1 is 1.43 bits per heavy atom. The zero-order valence-electron chi connectivity index (χ0n) is 12.5. The minimum absolute atomic E-state index is 0.105. The lowest BCUT2D eigenvalue weighted by Crippen LogP contribution is -2.40. The molecule has 2 atom stereocenters. The van der Waals surface area contributed by atoms with Gasteiger partial charge in [-0.25, -0.2) is 12.7 Å². The van der Waals surface area contributed by atoms with Gasteiger partial charge in [-0.1, -0.05) is 17.7 Å². The smallest absolute Gasteiger partial charge is 0.211 e. The van der Waals surface area contributed by atoms with Crippen LogP contribution in [0.15, 0.2) is 18.2 Å². The number of sulfonamides is 1. The van der Waals surface area contributed by atoms with Gasteiger partial charge < -0.3 is 5.73 Å². The van der Waals surface area contributed by atoms with E-state index in [1.165, 1.54) is 6.26 Å². The van der Waals surface area contributed by atoms with Crippen LogP contribution in [-0.4, -0.2) is 32.1 Å². The molecule has 0 saturated carbocycles. The van der Waals surface area contributed by atoms with Crippen LogP contribution in [0.1, 0.15) is 36.4 Å². The fraction of sp³-hybridized carbons (Fsp3) is 0.600. The fourth-order valence-corrected chi connectivity index (χ4v) is 4.23. The fourth-order valence-electron chi connectivity index (χ4n) is 2.99. The summed E-state index contributed by atoms with van der Waals surface area (Å²) in [7, 11) is -3.10. The molecular weight excluding hydrogens is 308 g/mol. The van der Waals surface area contributed by atoms with Gasteiger partial charge in [-0.05, 0) is 55.4 Å². The van der Waals surface area contributed by atoms with Crippen molar-refractivity contribution in [3.63, 3.8) is 0 Å². The molecule has 0 aliphatic carbocycles. The molecule has 0 amide bonds. The standard InChI is InChI=1S/C15H23ClN2O2S/c1-11-6-13(9-14(16)7-11)15(17)8-12-4-3-5-18(10-12)21(2,19)20/h6-7,9,12,15H,3-5,8,10,17H2,1-2H3. The second-order valence-electron chi connectivity index (χ2n) is 6.03. The first-order chi connectivity index (χ1) is 9.75. The van der Waals surface area contributed by atoms with Gasteiger partial charge in [0.05, 0.1) is 6.26 Å². The maximum Gasteiger partial charge on any atom is 0.211 e. The van der Waals surface area contributed by atoms with Gasteiger partial charge in [0.15, 0.2) is 0 Å². The van der Waals surface area contributed by atoms with Crippen molar-refractivity contribution in [3.05, 3.63) is 34.3 Å². The molecule has 2 rings (SSSR count). The lowest BCUT2D eigenvalue weighted by atomic mass is 9.89. The molecule has 1 saturated heterocycles. The van der Waals surface area contributed by atoms with E-state index in [2.05, 4.69) is 0 Å². The van der Waals surface area contributed by atoms with Crippen LogP contribution in [0.3, 0.4) is 0 Å². The van der Waals surface area contributed by atoms with Crippen LogP contribution >= 0.6 is 11.6 Å². The highest BCUT2D eigenvalue weighted by Gasteiger charge is 2.27. The number of halogens is 1. The predicted octanol–water partition coefficient (Wildman–Crippen LogP) is 2.71. The highest BCUT2D eigenvalue weighted by molar-refractivity contribution is 7.88. The van der Waals surface area contributed by atoms with Crippen LogP contribution in [0, 0.1) is 12.8 Å². The van der Waals surface area contributed by atoms with E-state index in [4.69, 9.17) is 17.3 Å². The zero-order chi connectivity index (χ0) is 15.6. The summed E-state index contributed by atoms with van der Waals surface area (Å²) in [6.45, 7) is 3.20. The third-order valence-corrected chi connectivity index (χ3v) is 5.52. The van der Waals surface area contributed by atoms with Gasteiger partial charge in [-0.2, -0.15) is 0 Å². The van der Waals surface area contributed by atoms with E-state index in [1.807, 2.05) is 25.1 Å². The molecule has 0 spiro atoms. The van der Waals surface area contributed by atoms with Crippen molar-refractivity contribution in [3.8, 4) is 0 Å². The van der Waals surface area contributed by atoms with Crippen LogP contribution in [0.5, 0.6) is 0 Å². The SMILES string of the molecule is Cc1cc(Cl)cc(C(N)CC2CCCN(S(C)(=O)=O)C2)c1. The number of benzene rings is 1. The Labute approximate surface area is 132 Å². The van der Waals surface area contributed by atoms with Crippen LogP contribution in [0.2, 0.25) is 5.02 Å². The van der Waals surface area contributed by atoms with Gasteiger partial charge in [0, 0.05) is 24.2 Å². The minimum atomic E-state index is -3.10. The number of nitrogens with two attached hydrogens (primary N) is 1. The van der Waals surface area contributed by atoms with Crippen molar-refractivity contribution < 1.29 is 8.42 Å². The van der Waals surface area contributed by atoms with Crippen molar-refractivity contribution in [2.24, 2.45) is 11.7 Å². The van der Waals surface area contributed by atoms with Gasteiger partial charge in [-0.3, -0.25) is 0 Å². The number of hydrogen-bond donors (Lipinski definition) is 1. The second kappa shape index (κ2) is 6.65. The van der Waals surface area contributed by atoms with E-state index in [9.17, 15) is 8.42 Å². The third-order valence-electron chi connectivity index (χ3n) is 4.03. The Morgan fingerprint density at radius 3 is 2.76 bits per heavy atom. The first kappa shape index (κ1) is 16.7.